The van der Waals surface area contributed by atoms with Gasteiger partial charge in [0.25, 0.3) is 11.7 Å². The van der Waals surface area contributed by atoms with Crippen LogP contribution in [0.2, 0.25) is 0 Å². The second kappa shape index (κ2) is 8.28. The normalized spacial score (nSPS) is 19.6. The van der Waals surface area contributed by atoms with Gasteiger partial charge in [0.2, 0.25) is 0 Å². The molecule has 2 aromatic carbocycles. The molecule has 0 radical (unpaired) electrons. The lowest BCUT2D eigenvalue weighted by molar-refractivity contribution is -0.132. The van der Waals surface area contributed by atoms with Crippen LogP contribution in [0.15, 0.2) is 64.6 Å². The van der Waals surface area contributed by atoms with E-state index in [0.717, 1.165) is 25.7 Å². The Morgan fingerprint density at radius 3 is 2.52 bits per heavy atom. The molecule has 1 unspecified atom stereocenters. The largest absolute Gasteiger partial charge is 0.507 e. The highest BCUT2D eigenvalue weighted by atomic mass is 16.5. The lowest BCUT2D eigenvalue weighted by Crippen LogP contribution is -2.29. The van der Waals surface area contributed by atoms with E-state index in [1.54, 1.807) is 43.3 Å². The number of nitrogens with zero attached hydrogens (tertiary/aromatic N) is 1. The minimum Gasteiger partial charge on any atom is -0.507 e. The molecule has 1 aromatic heterocycles. The molecule has 1 N–H and O–H groups in total. The van der Waals surface area contributed by atoms with Gasteiger partial charge in [0.05, 0.1) is 18.4 Å². The van der Waals surface area contributed by atoms with E-state index < -0.39 is 17.7 Å². The number of rotatable bonds is 4. The molecule has 3 aromatic rings. The highest BCUT2D eigenvalue weighted by molar-refractivity contribution is 6.51. The van der Waals surface area contributed by atoms with Gasteiger partial charge in [-0.3, -0.25) is 14.5 Å². The first-order chi connectivity index (χ1) is 16.0. The van der Waals surface area contributed by atoms with Gasteiger partial charge in [-0.25, -0.2) is 0 Å². The summed E-state index contributed by atoms with van der Waals surface area (Å²) in [7, 11) is 1.51. The van der Waals surface area contributed by atoms with Crippen LogP contribution in [0.3, 0.4) is 0 Å². The first-order valence-electron chi connectivity index (χ1n) is 11.1. The van der Waals surface area contributed by atoms with Crippen molar-refractivity contribution < 1.29 is 23.8 Å². The van der Waals surface area contributed by atoms with E-state index in [-0.39, 0.29) is 11.3 Å². The number of aryl methyl sites for hydroxylation is 3. The number of aliphatic hydroxyl groups is 1. The van der Waals surface area contributed by atoms with E-state index in [1.807, 2.05) is 18.2 Å². The molecule has 1 saturated heterocycles. The third-order valence-corrected chi connectivity index (χ3v) is 6.44. The molecule has 1 aliphatic heterocycles. The zero-order valence-electron chi connectivity index (χ0n) is 18.6. The van der Waals surface area contributed by atoms with Gasteiger partial charge < -0.3 is 14.3 Å². The van der Waals surface area contributed by atoms with E-state index in [0.29, 0.717) is 28.5 Å². The predicted octanol–water partition coefficient (Wildman–Crippen LogP) is 5.10. The molecule has 6 nitrogen and oxygen atoms in total. The number of benzene rings is 2. The highest BCUT2D eigenvalue weighted by Gasteiger charge is 2.49. The van der Waals surface area contributed by atoms with Gasteiger partial charge in [-0.15, -0.1) is 0 Å². The molecule has 2 heterocycles. The fraction of sp³-hybridized carbons (Fsp3) is 0.259. The van der Waals surface area contributed by atoms with Crippen LogP contribution in [0.1, 0.15) is 47.1 Å². The Hall–Kier alpha value is -3.80. The molecule has 1 amide bonds. The van der Waals surface area contributed by atoms with Crippen molar-refractivity contribution in [2.45, 2.75) is 38.6 Å². The average Bonchev–Trinajstić information content (AvgIpc) is 3.38. The molecule has 1 aliphatic carbocycles. The van der Waals surface area contributed by atoms with Crippen LogP contribution in [0.4, 0.5) is 5.69 Å². The Kier molecular flexibility index (Phi) is 5.29. The maximum Gasteiger partial charge on any atom is 0.300 e. The Balaban J connectivity index is 1.70. The van der Waals surface area contributed by atoms with Crippen molar-refractivity contribution >= 4 is 23.1 Å². The SMILES string of the molecule is COc1ccccc1N1C(=O)C(=O)/C(=C(\O)c2ccc3c(c2)CCCC3)C1c1ccc(C)o1. The summed E-state index contributed by atoms with van der Waals surface area (Å²) in [4.78, 5) is 27.9. The summed E-state index contributed by atoms with van der Waals surface area (Å²) >= 11 is 0. The first-order valence-corrected chi connectivity index (χ1v) is 11.1. The molecule has 168 valence electrons. The number of Topliss-reactive ketones (excluding diaryl/α,β-unsaturated/α-hetero) is 1. The number of carbonyl (C=O) groups excluding carboxylic acids is 2. The summed E-state index contributed by atoms with van der Waals surface area (Å²) in [6.45, 7) is 1.79. The van der Waals surface area contributed by atoms with Crippen molar-refractivity contribution in [3.05, 3.63) is 88.4 Å². The van der Waals surface area contributed by atoms with Crippen molar-refractivity contribution in [2.24, 2.45) is 0 Å². The van der Waals surface area contributed by atoms with Gasteiger partial charge in [0.1, 0.15) is 29.1 Å². The molecule has 0 spiro atoms. The summed E-state index contributed by atoms with van der Waals surface area (Å²) < 4.78 is 11.3. The fourth-order valence-corrected chi connectivity index (χ4v) is 4.82. The van der Waals surface area contributed by atoms with Crippen LogP contribution < -0.4 is 9.64 Å². The van der Waals surface area contributed by atoms with Crippen LogP contribution >= 0.6 is 0 Å². The van der Waals surface area contributed by atoms with E-state index in [9.17, 15) is 14.7 Å². The number of fused-ring (bicyclic) bond motifs is 1. The Morgan fingerprint density at radius 1 is 1.03 bits per heavy atom. The maximum atomic E-state index is 13.3. The number of hydrogen-bond donors (Lipinski definition) is 1. The van der Waals surface area contributed by atoms with Crippen LogP contribution in [-0.4, -0.2) is 23.9 Å². The Morgan fingerprint density at radius 2 is 1.79 bits per heavy atom. The number of ether oxygens (including phenoxy) is 1. The monoisotopic (exact) mass is 443 g/mol. The summed E-state index contributed by atoms with van der Waals surface area (Å²) in [6.07, 6.45) is 4.20. The van der Waals surface area contributed by atoms with Crippen molar-refractivity contribution in [3.8, 4) is 5.75 Å². The number of anilines is 1. The number of amides is 1. The maximum absolute atomic E-state index is 13.3. The third-order valence-electron chi connectivity index (χ3n) is 6.44. The van der Waals surface area contributed by atoms with Gasteiger partial charge >= 0.3 is 0 Å². The second-order valence-electron chi connectivity index (χ2n) is 8.48. The van der Waals surface area contributed by atoms with Crippen molar-refractivity contribution in [3.63, 3.8) is 0 Å². The third kappa shape index (κ3) is 3.52. The highest BCUT2D eigenvalue weighted by Crippen LogP contribution is 2.45. The van der Waals surface area contributed by atoms with Crippen molar-refractivity contribution in [1.29, 1.82) is 0 Å². The number of furan rings is 1. The van der Waals surface area contributed by atoms with E-state index >= 15 is 0 Å². The smallest absolute Gasteiger partial charge is 0.300 e. The quantitative estimate of drug-likeness (QED) is 0.345. The molecule has 33 heavy (non-hydrogen) atoms. The van der Waals surface area contributed by atoms with E-state index in [1.165, 1.54) is 23.1 Å². The minimum atomic E-state index is -0.911. The number of ketones is 1. The molecule has 0 saturated carbocycles. The van der Waals surface area contributed by atoms with Crippen molar-refractivity contribution in [2.75, 3.05) is 12.0 Å². The van der Waals surface area contributed by atoms with Gasteiger partial charge in [0, 0.05) is 5.56 Å². The van der Waals surface area contributed by atoms with Crippen LogP contribution in [0.25, 0.3) is 5.76 Å². The van der Waals surface area contributed by atoms with E-state index in [2.05, 4.69) is 0 Å². The minimum absolute atomic E-state index is 0.0102. The molecule has 1 atom stereocenters. The molecular weight excluding hydrogens is 418 g/mol. The van der Waals surface area contributed by atoms with Gasteiger partial charge in [-0.1, -0.05) is 24.3 Å². The van der Waals surface area contributed by atoms with Crippen LogP contribution in [0, 0.1) is 6.92 Å². The zero-order valence-corrected chi connectivity index (χ0v) is 18.6. The number of aliphatic hydroxyl groups excluding tert-OH is 1. The molecule has 1 fully saturated rings. The summed E-state index contributed by atoms with van der Waals surface area (Å²) in [5, 5.41) is 11.3. The molecule has 5 rings (SSSR count). The average molecular weight is 443 g/mol. The number of methoxy groups -OCH3 is 1. The molecular formula is C27H25NO5. The number of para-hydroxylation sites is 2. The fourth-order valence-electron chi connectivity index (χ4n) is 4.82. The summed E-state index contributed by atoms with van der Waals surface area (Å²) in [6, 6.07) is 15.4. The van der Waals surface area contributed by atoms with Crippen LogP contribution in [0.5, 0.6) is 5.75 Å². The van der Waals surface area contributed by atoms with Crippen molar-refractivity contribution in [1.82, 2.24) is 0 Å². The lowest BCUT2D eigenvalue weighted by atomic mass is 9.89. The standard InChI is InChI=1S/C27H25NO5/c1-16-11-14-22(33-16)24-23(25(29)19-13-12-17-7-3-4-8-18(17)15-19)26(30)27(31)28(24)20-9-5-6-10-21(20)32-2/h5-6,9-15,24,29H,3-4,7-8H2,1-2H3/b25-23-. The lowest BCUT2D eigenvalue weighted by Gasteiger charge is -2.25. The predicted molar refractivity (Wildman–Crippen MR) is 124 cm³/mol. The second-order valence-corrected chi connectivity index (χ2v) is 8.48. The van der Waals surface area contributed by atoms with Gasteiger partial charge in [0.15, 0.2) is 0 Å². The zero-order chi connectivity index (χ0) is 23.1. The molecule has 6 heteroatoms. The number of hydrogen-bond acceptors (Lipinski definition) is 5. The Labute approximate surface area is 192 Å². The summed E-state index contributed by atoms with van der Waals surface area (Å²) in [5.74, 6) is -0.200. The van der Waals surface area contributed by atoms with E-state index in [4.69, 9.17) is 9.15 Å². The number of carbonyl (C=O) groups is 2. The summed E-state index contributed by atoms with van der Waals surface area (Å²) in [5.41, 5.74) is 3.42. The van der Waals surface area contributed by atoms with Gasteiger partial charge in [-0.2, -0.15) is 0 Å². The molecule has 0 bridgehead atoms. The topological polar surface area (TPSA) is 80.0 Å². The van der Waals surface area contributed by atoms with Gasteiger partial charge in [-0.05, 0) is 74.1 Å². The Bertz CT molecular complexity index is 1290. The molecule has 2 aliphatic rings. The first kappa shape index (κ1) is 21.1. The van der Waals surface area contributed by atoms with Crippen LogP contribution in [-0.2, 0) is 22.4 Å².